The van der Waals surface area contributed by atoms with Gasteiger partial charge in [-0.3, -0.25) is 19.5 Å². The van der Waals surface area contributed by atoms with E-state index in [1.54, 1.807) is 16.0 Å². The molecule has 2 saturated heterocycles. The standard InChI is InChI=1S/C21H22N4O5.C2H6/c1-23-6-7-24(20(27)10-23)19-5-3-14(9-22-19)13-2-4-15-17(8-13)29-12-16-18(11-26)30-21(28)25(15)16;1-2/h2-5,8-9,16,18,26H,6-7,10-12H2,1H3;1-2H3/t16-,18-;/m0./s1. The molecule has 2 fully saturated rings. The summed E-state index contributed by atoms with van der Waals surface area (Å²) in [6, 6.07) is 9.01. The van der Waals surface area contributed by atoms with Crippen LogP contribution >= 0.6 is 0 Å². The van der Waals surface area contributed by atoms with E-state index in [1.165, 1.54) is 0 Å². The lowest BCUT2D eigenvalue weighted by molar-refractivity contribution is -0.120. The van der Waals surface area contributed by atoms with Crippen LogP contribution in [0, 0.1) is 0 Å². The normalized spacial score (nSPS) is 22.4. The van der Waals surface area contributed by atoms with Gasteiger partial charge in [0.25, 0.3) is 0 Å². The van der Waals surface area contributed by atoms with Crippen molar-refractivity contribution in [2.75, 3.05) is 49.7 Å². The molecular weight excluding hydrogens is 412 g/mol. The van der Waals surface area contributed by atoms with Crippen LogP contribution in [0.25, 0.3) is 11.1 Å². The van der Waals surface area contributed by atoms with E-state index < -0.39 is 12.2 Å². The van der Waals surface area contributed by atoms with E-state index in [0.29, 0.717) is 30.3 Å². The van der Waals surface area contributed by atoms with Gasteiger partial charge in [0.15, 0.2) is 6.10 Å². The fourth-order valence-electron chi connectivity index (χ4n) is 4.12. The minimum Gasteiger partial charge on any atom is -0.489 e. The summed E-state index contributed by atoms with van der Waals surface area (Å²) in [6.07, 6.45) is 0.679. The third-order valence-corrected chi connectivity index (χ3v) is 5.79. The summed E-state index contributed by atoms with van der Waals surface area (Å²) in [5.41, 5.74) is 2.40. The maximum atomic E-state index is 12.3. The van der Waals surface area contributed by atoms with Crippen molar-refractivity contribution < 1.29 is 24.2 Å². The zero-order valence-corrected chi connectivity index (χ0v) is 18.5. The summed E-state index contributed by atoms with van der Waals surface area (Å²) in [5.74, 6) is 1.26. The largest absolute Gasteiger partial charge is 0.489 e. The molecule has 1 N–H and O–H groups in total. The Bertz CT molecular complexity index is 996. The lowest BCUT2D eigenvalue weighted by atomic mass is 10.0. The van der Waals surface area contributed by atoms with Gasteiger partial charge in [0.1, 0.15) is 24.2 Å². The van der Waals surface area contributed by atoms with Gasteiger partial charge in [-0.1, -0.05) is 19.9 Å². The predicted octanol–water partition coefficient (Wildman–Crippen LogP) is 2.13. The van der Waals surface area contributed by atoms with Crippen molar-refractivity contribution in [1.29, 1.82) is 0 Å². The molecule has 9 nitrogen and oxygen atoms in total. The van der Waals surface area contributed by atoms with Gasteiger partial charge in [0, 0.05) is 24.8 Å². The number of likely N-dealkylation sites (N-methyl/N-ethyl adjacent to an activating group) is 1. The number of carbonyl (C=O) groups excluding carboxylic acids is 2. The first kappa shape index (κ1) is 22.0. The molecule has 2 amide bonds. The maximum absolute atomic E-state index is 12.3. The van der Waals surface area contributed by atoms with Crippen LogP contribution in [-0.2, 0) is 9.53 Å². The van der Waals surface area contributed by atoms with Gasteiger partial charge in [0.05, 0.1) is 18.8 Å². The van der Waals surface area contributed by atoms with Gasteiger partial charge in [-0.25, -0.2) is 9.78 Å². The number of amides is 2. The van der Waals surface area contributed by atoms with Crippen molar-refractivity contribution in [3.8, 4) is 16.9 Å². The molecule has 1 aromatic carbocycles. The quantitative estimate of drug-likeness (QED) is 0.781. The molecule has 0 radical (unpaired) electrons. The third kappa shape index (κ3) is 3.89. The fraction of sp³-hybridized carbons (Fsp3) is 0.435. The molecule has 170 valence electrons. The van der Waals surface area contributed by atoms with Crippen molar-refractivity contribution >= 4 is 23.5 Å². The average molecular weight is 441 g/mol. The fourth-order valence-corrected chi connectivity index (χ4v) is 4.12. The molecule has 0 bridgehead atoms. The summed E-state index contributed by atoms with van der Waals surface area (Å²) in [5, 5.41) is 9.42. The number of hydrogen-bond acceptors (Lipinski definition) is 7. The molecule has 5 rings (SSSR count). The van der Waals surface area contributed by atoms with Crippen LogP contribution in [0.5, 0.6) is 5.75 Å². The van der Waals surface area contributed by atoms with Crippen molar-refractivity contribution in [3.63, 3.8) is 0 Å². The number of rotatable bonds is 3. The monoisotopic (exact) mass is 440 g/mol. The van der Waals surface area contributed by atoms with Gasteiger partial charge in [-0.15, -0.1) is 0 Å². The summed E-state index contributed by atoms with van der Waals surface area (Å²) in [7, 11) is 1.93. The molecular formula is C23H28N4O5. The minimum absolute atomic E-state index is 0.0411. The Hall–Kier alpha value is -3.17. The zero-order chi connectivity index (χ0) is 22.8. The molecule has 3 aliphatic heterocycles. The first-order valence-corrected chi connectivity index (χ1v) is 10.9. The van der Waals surface area contributed by atoms with Crippen LogP contribution in [0.3, 0.4) is 0 Å². The number of aromatic nitrogens is 1. The number of ether oxygens (including phenoxy) is 2. The van der Waals surface area contributed by atoms with E-state index in [-0.39, 0.29) is 25.2 Å². The summed E-state index contributed by atoms with van der Waals surface area (Å²) in [6.45, 7) is 5.85. The first-order chi connectivity index (χ1) is 15.5. The molecule has 1 aromatic heterocycles. The van der Waals surface area contributed by atoms with Crippen molar-refractivity contribution in [1.82, 2.24) is 9.88 Å². The highest BCUT2D eigenvalue weighted by molar-refractivity contribution is 5.95. The highest BCUT2D eigenvalue weighted by atomic mass is 16.6. The molecule has 0 spiro atoms. The molecule has 2 atom stereocenters. The van der Waals surface area contributed by atoms with Crippen LogP contribution in [0.15, 0.2) is 36.5 Å². The number of pyridine rings is 1. The highest BCUT2D eigenvalue weighted by Gasteiger charge is 2.46. The number of hydrogen-bond donors (Lipinski definition) is 1. The Morgan fingerprint density at radius 1 is 1.12 bits per heavy atom. The number of nitrogens with zero attached hydrogens (tertiary/aromatic N) is 4. The number of benzene rings is 1. The topological polar surface area (TPSA) is 95.4 Å². The second-order valence-electron chi connectivity index (χ2n) is 7.72. The number of aliphatic hydroxyl groups excluding tert-OH is 1. The molecule has 32 heavy (non-hydrogen) atoms. The Labute approximate surface area is 187 Å². The molecule has 0 unspecified atom stereocenters. The number of fused-ring (bicyclic) bond motifs is 3. The number of piperazine rings is 1. The Kier molecular flexibility index (Phi) is 6.29. The maximum Gasteiger partial charge on any atom is 0.415 e. The third-order valence-electron chi connectivity index (χ3n) is 5.79. The van der Waals surface area contributed by atoms with E-state index in [9.17, 15) is 14.7 Å². The van der Waals surface area contributed by atoms with Crippen LogP contribution in [0.2, 0.25) is 0 Å². The molecule has 3 aliphatic rings. The summed E-state index contributed by atoms with van der Waals surface area (Å²) >= 11 is 0. The van der Waals surface area contributed by atoms with Crippen LogP contribution in [0.1, 0.15) is 13.8 Å². The van der Waals surface area contributed by atoms with Crippen molar-refractivity contribution in [2.24, 2.45) is 0 Å². The van der Waals surface area contributed by atoms with Gasteiger partial charge in [0.2, 0.25) is 5.91 Å². The lowest BCUT2D eigenvalue weighted by Gasteiger charge is -2.31. The highest BCUT2D eigenvalue weighted by Crippen LogP contribution is 2.41. The van der Waals surface area contributed by atoms with Crippen molar-refractivity contribution in [3.05, 3.63) is 36.5 Å². The molecule has 4 heterocycles. The van der Waals surface area contributed by atoms with Gasteiger partial charge < -0.3 is 14.6 Å². The second kappa shape index (κ2) is 9.13. The van der Waals surface area contributed by atoms with Crippen LogP contribution in [0.4, 0.5) is 16.3 Å². The molecule has 0 saturated carbocycles. The number of aliphatic hydroxyl groups is 1. The molecule has 0 aliphatic carbocycles. The van der Waals surface area contributed by atoms with Crippen LogP contribution < -0.4 is 14.5 Å². The lowest BCUT2D eigenvalue weighted by Crippen LogP contribution is -2.49. The van der Waals surface area contributed by atoms with E-state index in [2.05, 4.69) is 4.98 Å². The number of carbonyl (C=O) groups is 2. The van der Waals surface area contributed by atoms with E-state index in [1.807, 2.05) is 56.1 Å². The van der Waals surface area contributed by atoms with Gasteiger partial charge in [-0.2, -0.15) is 0 Å². The second-order valence-corrected chi connectivity index (χ2v) is 7.72. The smallest absolute Gasteiger partial charge is 0.415 e. The van der Waals surface area contributed by atoms with Gasteiger partial charge >= 0.3 is 6.09 Å². The Morgan fingerprint density at radius 3 is 2.59 bits per heavy atom. The van der Waals surface area contributed by atoms with Crippen molar-refractivity contribution in [2.45, 2.75) is 26.0 Å². The van der Waals surface area contributed by atoms with E-state index in [4.69, 9.17) is 9.47 Å². The summed E-state index contributed by atoms with van der Waals surface area (Å²) in [4.78, 5) is 34.2. The van der Waals surface area contributed by atoms with Crippen LogP contribution in [-0.4, -0.2) is 79.0 Å². The average Bonchev–Trinajstić information content (AvgIpc) is 3.16. The number of cyclic esters (lactones) is 1. The SMILES string of the molecule is CC.CN1CCN(c2ccc(-c3ccc4c(c3)OC[C@H]3[C@H](CO)OC(=O)N43)cn2)C(=O)C1. The first-order valence-electron chi connectivity index (χ1n) is 10.9. The van der Waals surface area contributed by atoms with E-state index in [0.717, 1.165) is 17.7 Å². The summed E-state index contributed by atoms with van der Waals surface area (Å²) < 4.78 is 11.1. The Morgan fingerprint density at radius 2 is 1.91 bits per heavy atom. The Balaban J connectivity index is 0.00000119. The van der Waals surface area contributed by atoms with E-state index >= 15 is 0 Å². The predicted molar refractivity (Wildman–Crippen MR) is 120 cm³/mol. The zero-order valence-electron chi connectivity index (χ0n) is 18.5. The van der Waals surface area contributed by atoms with Gasteiger partial charge in [-0.05, 0) is 36.9 Å². The number of anilines is 2. The molecule has 2 aromatic rings. The molecule has 9 heteroatoms. The minimum atomic E-state index is -0.584.